The van der Waals surface area contributed by atoms with Gasteiger partial charge in [0.15, 0.2) is 26.0 Å². The number of allylic oxidation sites excluding steroid dienone is 2. The maximum absolute atomic E-state index is 14.9. The Balaban J connectivity index is 1.47. The smallest absolute Gasteiger partial charge is 0.408 e. The Kier molecular flexibility index (Phi) is 11.9. The Bertz CT molecular complexity index is 1610. The average molecular weight is 800 g/mol. The number of rotatable bonds is 12. The van der Waals surface area contributed by atoms with Crippen LogP contribution in [0.5, 0.6) is 0 Å². The molecule has 1 amide bonds. The van der Waals surface area contributed by atoms with Gasteiger partial charge < -0.3 is 24.0 Å². The lowest BCUT2D eigenvalue weighted by Crippen LogP contribution is -2.56. The highest BCUT2D eigenvalue weighted by Crippen LogP contribution is 2.87. The predicted molar refractivity (Wildman–Crippen MR) is 218 cm³/mol. The number of alkyl carbamates (subject to hydrolysis) is 1. The maximum atomic E-state index is 14.9. The van der Waals surface area contributed by atoms with E-state index in [1.165, 1.54) is 6.92 Å². The third-order valence-electron chi connectivity index (χ3n) is 16.5. The molecular formula is C45H73NO9Si. The fourth-order valence-corrected chi connectivity index (χ4v) is 13.3. The van der Waals surface area contributed by atoms with E-state index in [1.54, 1.807) is 20.8 Å². The van der Waals surface area contributed by atoms with E-state index in [2.05, 4.69) is 66.0 Å². The molecule has 13 unspecified atom stereocenters. The molecule has 11 heteroatoms. The molecule has 0 aromatic rings. The molecule has 0 radical (unpaired) electrons. The van der Waals surface area contributed by atoms with Gasteiger partial charge in [0.2, 0.25) is 0 Å². The molecule has 0 heterocycles. The van der Waals surface area contributed by atoms with Crippen molar-refractivity contribution in [1.29, 1.82) is 0 Å². The summed E-state index contributed by atoms with van der Waals surface area (Å²) < 4.78 is 24.4. The van der Waals surface area contributed by atoms with Gasteiger partial charge in [-0.15, -0.1) is 0 Å². The highest BCUT2D eigenvalue weighted by atomic mass is 28.4. The number of ether oxygens (including phenoxy) is 3. The Hall–Kier alpha value is -2.53. The summed E-state index contributed by atoms with van der Waals surface area (Å²) in [5, 5.41) is 2.50. The van der Waals surface area contributed by atoms with E-state index in [4.69, 9.17) is 18.6 Å². The average Bonchev–Trinajstić information content (AvgIpc) is 3.68. The third kappa shape index (κ3) is 7.58. The number of esters is 2. The summed E-state index contributed by atoms with van der Waals surface area (Å²) in [6.45, 7) is 30.2. The number of ketones is 2. The minimum atomic E-state index is -2.10. The number of amides is 1. The molecule has 5 aliphatic rings. The highest BCUT2D eigenvalue weighted by Gasteiger charge is 2.82. The summed E-state index contributed by atoms with van der Waals surface area (Å²) >= 11 is 0. The van der Waals surface area contributed by atoms with Gasteiger partial charge >= 0.3 is 18.0 Å². The zero-order valence-corrected chi connectivity index (χ0v) is 38.2. The SMILES string of the molecule is CC(=O)OC1CC2(C)C3CCC4C(C)C(=O)C=CC45CC35CCC2(C)C1C(C)C(OC(=O)CNC(=O)OC(C)(C)C)C(=O)C(C)C(C)CO[Si](C)(C)C(C)(C)C. The largest absolute Gasteiger partial charge is 0.462 e. The molecule has 5 aliphatic carbocycles. The second kappa shape index (κ2) is 14.9. The van der Waals surface area contributed by atoms with Gasteiger partial charge in [-0.25, -0.2) is 4.79 Å². The molecule has 56 heavy (non-hydrogen) atoms. The zero-order valence-electron chi connectivity index (χ0n) is 37.2. The second-order valence-electron chi connectivity index (χ2n) is 21.7. The summed E-state index contributed by atoms with van der Waals surface area (Å²) in [6, 6.07) is 0. The first-order valence-electron chi connectivity index (χ1n) is 21.3. The Morgan fingerprint density at radius 1 is 0.982 bits per heavy atom. The second-order valence-corrected chi connectivity index (χ2v) is 26.5. The molecule has 4 fully saturated rings. The van der Waals surface area contributed by atoms with E-state index in [9.17, 15) is 24.0 Å². The molecule has 316 valence electrons. The third-order valence-corrected chi connectivity index (χ3v) is 21.0. The van der Waals surface area contributed by atoms with Crippen LogP contribution in [0.2, 0.25) is 18.1 Å². The summed E-state index contributed by atoms with van der Waals surface area (Å²) in [5.74, 6) is -1.80. The lowest BCUT2D eigenvalue weighted by Gasteiger charge is -2.61. The molecule has 0 aliphatic heterocycles. The van der Waals surface area contributed by atoms with Crippen LogP contribution in [0.15, 0.2) is 12.2 Å². The van der Waals surface area contributed by atoms with Crippen molar-refractivity contribution < 1.29 is 42.6 Å². The molecule has 10 nitrogen and oxygen atoms in total. The maximum Gasteiger partial charge on any atom is 0.408 e. The first kappa shape index (κ1) is 44.6. The first-order chi connectivity index (χ1) is 25.6. The fraction of sp³-hybridized carbons (Fsp3) is 0.844. The zero-order chi connectivity index (χ0) is 42.2. The van der Waals surface area contributed by atoms with Gasteiger partial charge in [-0.2, -0.15) is 0 Å². The molecule has 13 atom stereocenters. The Morgan fingerprint density at radius 3 is 2.21 bits per heavy atom. The number of carbonyl (C=O) groups is 5. The van der Waals surface area contributed by atoms with Crippen molar-refractivity contribution in [2.24, 2.45) is 63.1 Å². The van der Waals surface area contributed by atoms with Crippen molar-refractivity contribution in [3.63, 3.8) is 0 Å². The standard InChI is InChI=1S/C45H73NO9Si/c1-26(24-52-56(14,15)41(9,10)11)27(2)37(50)38(54-35(49)23-46-39(51)55-40(6,7)8)29(4)36-33(53-30(5)47)22-43(13)34-17-16-31-28(3)32(48)18-19-44(31)25-45(34,44)21-20-42(36,43)12/h18-19,26-29,31,33-34,36,38H,16-17,20-25H2,1-15H3,(H,46,51). The number of hydrogen-bond acceptors (Lipinski definition) is 9. The first-order valence-corrected chi connectivity index (χ1v) is 24.2. The Morgan fingerprint density at radius 2 is 1.62 bits per heavy atom. The lowest BCUT2D eigenvalue weighted by molar-refractivity contribution is -0.170. The van der Waals surface area contributed by atoms with Crippen molar-refractivity contribution >= 4 is 37.9 Å². The minimum absolute atomic E-state index is 0.00482. The van der Waals surface area contributed by atoms with Gasteiger partial charge in [-0.3, -0.25) is 19.2 Å². The summed E-state index contributed by atoms with van der Waals surface area (Å²) in [7, 11) is -2.10. The fourth-order valence-electron chi connectivity index (χ4n) is 12.1. The molecule has 1 N–H and O–H groups in total. The van der Waals surface area contributed by atoms with Crippen LogP contribution in [-0.4, -0.2) is 68.9 Å². The molecule has 4 saturated carbocycles. The van der Waals surface area contributed by atoms with Crippen LogP contribution in [0.25, 0.3) is 0 Å². The van der Waals surface area contributed by atoms with Gasteiger partial charge in [0.1, 0.15) is 18.2 Å². The quantitative estimate of drug-likeness (QED) is 0.117. The van der Waals surface area contributed by atoms with Crippen LogP contribution in [0.1, 0.15) is 129 Å². The van der Waals surface area contributed by atoms with E-state index in [1.807, 2.05) is 26.8 Å². The number of fused-ring (bicyclic) bond motifs is 2. The molecule has 0 bridgehead atoms. The normalized spacial score (nSPS) is 37.1. The van der Waals surface area contributed by atoms with Gasteiger partial charge in [0.25, 0.3) is 0 Å². The molecule has 0 aromatic heterocycles. The van der Waals surface area contributed by atoms with Crippen molar-refractivity contribution in [3.8, 4) is 0 Å². The number of nitrogens with one attached hydrogen (secondary N) is 1. The lowest BCUT2D eigenvalue weighted by atomic mass is 9.43. The summed E-state index contributed by atoms with van der Waals surface area (Å²) in [4.78, 5) is 66.7. The Labute approximate surface area is 337 Å². The van der Waals surface area contributed by atoms with Crippen LogP contribution in [0.4, 0.5) is 4.79 Å². The monoisotopic (exact) mass is 800 g/mol. The summed E-state index contributed by atoms with van der Waals surface area (Å²) in [5.41, 5.74) is -1.21. The number of hydrogen-bond donors (Lipinski definition) is 1. The van der Waals surface area contributed by atoms with Gasteiger partial charge in [-0.1, -0.05) is 68.4 Å². The van der Waals surface area contributed by atoms with E-state index in [0.29, 0.717) is 24.9 Å². The van der Waals surface area contributed by atoms with E-state index >= 15 is 0 Å². The van der Waals surface area contributed by atoms with E-state index < -0.39 is 56.6 Å². The van der Waals surface area contributed by atoms with Crippen molar-refractivity contribution in [3.05, 3.63) is 12.2 Å². The van der Waals surface area contributed by atoms with Crippen LogP contribution >= 0.6 is 0 Å². The van der Waals surface area contributed by atoms with Crippen molar-refractivity contribution in [2.75, 3.05) is 13.2 Å². The number of Topliss-reactive ketones (excluding diaryl/α,β-unsaturated/α-hetero) is 1. The van der Waals surface area contributed by atoms with Crippen molar-refractivity contribution in [2.45, 2.75) is 164 Å². The topological polar surface area (TPSA) is 134 Å². The highest BCUT2D eigenvalue weighted by molar-refractivity contribution is 6.74. The molecule has 2 spiro atoms. The van der Waals surface area contributed by atoms with Crippen LogP contribution in [-0.2, 0) is 37.8 Å². The molecule has 0 aromatic carbocycles. The minimum Gasteiger partial charge on any atom is -0.462 e. The van der Waals surface area contributed by atoms with Crippen LogP contribution in [0.3, 0.4) is 0 Å². The van der Waals surface area contributed by atoms with E-state index in [0.717, 1.165) is 32.1 Å². The summed E-state index contributed by atoms with van der Waals surface area (Å²) in [6.07, 6.45) is 7.33. The molecule has 0 saturated heterocycles. The predicted octanol–water partition coefficient (Wildman–Crippen LogP) is 8.86. The van der Waals surface area contributed by atoms with Crippen molar-refractivity contribution in [1.82, 2.24) is 5.32 Å². The van der Waals surface area contributed by atoms with Gasteiger partial charge in [-0.05, 0) is 123 Å². The van der Waals surface area contributed by atoms with Crippen LogP contribution < -0.4 is 5.32 Å². The molecular weight excluding hydrogens is 727 g/mol. The van der Waals surface area contributed by atoms with Crippen LogP contribution in [0, 0.1) is 63.1 Å². The number of carbonyl (C=O) groups excluding carboxylic acids is 5. The molecule has 5 rings (SSSR count). The van der Waals surface area contributed by atoms with E-state index in [-0.39, 0.29) is 62.0 Å². The van der Waals surface area contributed by atoms with Gasteiger partial charge in [0, 0.05) is 37.2 Å². The van der Waals surface area contributed by atoms with Gasteiger partial charge in [0.05, 0.1) is 0 Å².